The van der Waals surface area contributed by atoms with Gasteiger partial charge in [-0.2, -0.15) is 0 Å². The molecule has 0 radical (unpaired) electrons. The molecule has 0 aliphatic heterocycles. The van der Waals surface area contributed by atoms with Crippen molar-refractivity contribution in [3.05, 3.63) is 0 Å². The third-order valence-electron chi connectivity index (χ3n) is 2.87. The van der Waals surface area contributed by atoms with E-state index in [9.17, 15) is 8.42 Å². The van der Waals surface area contributed by atoms with E-state index in [0.29, 0.717) is 6.42 Å². The predicted molar refractivity (Wildman–Crippen MR) is 64.2 cm³/mol. The molecule has 0 saturated heterocycles. The van der Waals surface area contributed by atoms with Crippen LogP contribution >= 0.6 is 0 Å². The summed E-state index contributed by atoms with van der Waals surface area (Å²) in [4.78, 5) is 0. The van der Waals surface area contributed by atoms with Gasteiger partial charge < -0.3 is 5.73 Å². The van der Waals surface area contributed by atoms with Crippen molar-refractivity contribution in [2.24, 2.45) is 5.73 Å². The summed E-state index contributed by atoms with van der Waals surface area (Å²) in [5, 5.41) is -0.443. The largest absolute Gasteiger partial charge is 0.329 e. The van der Waals surface area contributed by atoms with Crippen LogP contribution < -0.4 is 5.73 Å². The van der Waals surface area contributed by atoms with E-state index >= 15 is 0 Å². The van der Waals surface area contributed by atoms with Crippen LogP contribution in [0.15, 0.2) is 0 Å². The van der Waals surface area contributed by atoms with E-state index < -0.39 is 15.3 Å². The average molecular weight is 236 g/mol. The first kappa shape index (κ1) is 14.9. The van der Waals surface area contributed by atoms with Gasteiger partial charge in [0.15, 0.2) is 0 Å². The fourth-order valence-electron chi connectivity index (χ4n) is 1.58. The summed E-state index contributed by atoms with van der Waals surface area (Å²) in [5.41, 5.74) is 5.48. The number of hydrogen-bond acceptors (Lipinski definition) is 3. The number of nitrogens with zero attached hydrogens (tertiary/aromatic N) is 1. The minimum absolute atomic E-state index is 0.0561. The molecule has 0 saturated carbocycles. The molecule has 15 heavy (non-hydrogen) atoms. The zero-order valence-electron chi connectivity index (χ0n) is 10.2. The lowest BCUT2D eigenvalue weighted by molar-refractivity contribution is 0.362. The summed E-state index contributed by atoms with van der Waals surface area (Å²) in [6.07, 6.45) is 2.44. The fraction of sp³-hybridized carbons (Fsp3) is 1.00. The van der Waals surface area contributed by atoms with Crippen LogP contribution in [0.25, 0.3) is 0 Å². The SMILES string of the molecule is CCCC(C)N(C)S(=O)(=O)C(CC)CN. The molecule has 0 aromatic heterocycles. The first-order valence-electron chi connectivity index (χ1n) is 5.58. The number of rotatable bonds is 7. The standard InChI is InChI=1S/C10H24N2O2S/c1-5-7-9(3)12(4)15(13,14)10(6-2)8-11/h9-10H,5-8,11H2,1-4H3. The molecule has 0 amide bonds. The van der Waals surface area contributed by atoms with Crippen molar-refractivity contribution in [1.82, 2.24) is 4.31 Å². The Kier molecular flexibility index (Phi) is 6.40. The van der Waals surface area contributed by atoms with Gasteiger partial charge in [-0.3, -0.25) is 0 Å². The zero-order chi connectivity index (χ0) is 12.1. The molecule has 0 aromatic carbocycles. The van der Waals surface area contributed by atoms with Gasteiger partial charge in [-0.05, 0) is 19.8 Å². The Bertz CT molecular complexity index is 261. The average Bonchev–Trinajstić information content (AvgIpc) is 2.18. The molecule has 0 rings (SSSR count). The number of hydrogen-bond donors (Lipinski definition) is 1. The summed E-state index contributed by atoms with van der Waals surface area (Å²) >= 11 is 0. The second-order valence-corrected chi connectivity index (χ2v) is 6.24. The third-order valence-corrected chi connectivity index (χ3v) is 5.40. The van der Waals surface area contributed by atoms with Crippen molar-refractivity contribution >= 4 is 10.0 Å². The molecular formula is C10H24N2O2S. The molecule has 2 N–H and O–H groups in total. The van der Waals surface area contributed by atoms with Crippen LogP contribution in [0.3, 0.4) is 0 Å². The second-order valence-electron chi connectivity index (χ2n) is 3.96. The lowest BCUT2D eigenvalue weighted by Gasteiger charge is -2.27. The molecule has 0 heterocycles. The van der Waals surface area contributed by atoms with Gasteiger partial charge in [0.25, 0.3) is 0 Å². The molecule has 0 fully saturated rings. The molecule has 2 atom stereocenters. The Labute approximate surface area is 93.9 Å². The molecule has 5 heteroatoms. The lowest BCUT2D eigenvalue weighted by atomic mass is 10.2. The Morgan fingerprint density at radius 3 is 2.20 bits per heavy atom. The number of nitrogens with two attached hydrogens (primary N) is 1. The molecule has 92 valence electrons. The summed E-state index contributed by atoms with van der Waals surface area (Å²) in [5.74, 6) is 0. The van der Waals surface area contributed by atoms with Gasteiger partial charge in [0.05, 0.1) is 5.25 Å². The first-order chi connectivity index (χ1) is 6.91. The maximum absolute atomic E-state index is 12.1. The van der Waals surface area contributed by atoms with Gasteiger partial charge in [0.2, 0.25) is 10.0 Å². The Hall–Kier alpha value is -0.130. The van der Waals surface area contributed by atoms with Gasteiger partial charge in [0.1, 0.15) is 0 Å². The predicted octanol–water partition coefficient (Wildman–Crippen LogP) is 1.17. The minimum Gasteiger partial charge on any atom is -0.329 e. The molecule has 4 nitrogen and oxygen atoms in total. The van der Waals surface area contributed by atoms with Crippen LogP contribution in [0, 0.1) is 0 Å². The van der Waals surface area contributed by atoms with Crippen LogP contribution in [0.1, 0.15) is 40.0 Å². The molecule has 0 spiro atoms. The van der Waals surface area contributed by atoms with Gasteiger partial charge in [-0.1, -0.05) is 20.3 Å². The Balaban J connectivity index is 4.71. The van der Waals surface area contributed by atoms with Crippen molar-refractivity contribution in [3.8, 4) is 0 Å². The summed E-state index contributed by atoms with van der Waals surface area (Å²) in [6.45, 7) is 6.04. The normalized spacial score (nSPS) is 16.7. The zero-order valence-corrected chi connectivity index (χ0v) is 11.0. The van der Waals surface area contributed by atoms with Crippen LogP contribution in [0.4, 0.5) is 0 Å². The molecule has 0 bridgehead atoms. The van der Waals surface area contributed by atoms with E-state index in [4.69, 9.17) is 5.73 Å². The molecular weight excluding hydrogens is 212 g/mol. The van der Waals surface area contributed by atoms with Gasteiger partial charge >= 0.3 is 0 Å². The Morgan fingerprint density at radius 2 is 1.87 bits per heavy atom. The third kappa shape index (κ3) is 3.74. The van der Waals surface area contributed by atoms with Crippen molar-refractivity contribution in [2.75, 3.05) is 13.6 Å². The highest BCUT2D eigenvalue weighted by atomic mass is 32.2. The van der Waals surface area contributed by atoms with Crippen LogP contribution in [0.5, 0.6) is 0 Å². The highest BCUT2D eigenvalue weighted by Gasteiger charge is 2.29. The smallest absolute Gasteiger partial charge is 0.218 e. The van der Waals surface area contributed by atoms with E-state index in [1.807, 2.05) is 13.8 Å². The van der Waals surface area contributed by atoms with Crippen molar-refractivity contribution in [1.29, 1.82) is 0 Å². The highest BCUT2D eigenvalue weighted by Crippen LogP contribution is 2.15. The van der Waals surface area contributed by atoms with E-state index in [2.05, 4.69) is 6.92 Å². The van der Waals surface area contributed by atoms with Crippen molar-refractivity contribution in [2.45, 2.75) is 51.3 Å². The maximum Gasteiger partial charge on any atom is 0.218 e. The maximum atomic E-state index is 12.1. The van der Waals surface area contributed by atoms with Crippen LogP contribution in [-0.4, -0.2) is 37.6 Å². The van der Waals surface area contributed by atoms with Crippen molar-refractivity contribution in [3.63, 3.8) is 0 Å². The summed E-state index contributed by atoms with van der Waals surface area (Å²) in [7, 11) is -1.57. The van der Waals surface area contributed by atoms with Gasteiger partial charge in [-0.15, -0.1) is 0 Å². The second kappa shape index (κ2) is 6.45. The quantitative estimate of drug-likeness (QED) is 0.722. The van der Waals surface area contributed by atoms with Gasteiger partial charge in [-0.25, -0.2) is 12.7 Å². The van der Waals surface area contributed by atoms with Crippen molar-refractivity contribution < 1.29 is 8.42 Å². The molecule has 0 aliphatic carbocycles. The van der Waals surface area contributed by atoms with E-state index in [1.165, 1.54) is 4.31 Å². The fourth-order valence-corrected chi connectivity index (χ4v) is 3.33. The molecule has 0 aliphatic rings. The van der Waals surface area contributed by atoms with Crippen LogP contribution in [0.2, 0.25) is 0 Å². The van der Waals surface area contributed by atoms with E-state index in [1.54, 1.807) is 7.05 Å². The Morgan fingerprint density at radius 1 is 1.33 bits per heavy atom. The first-order valence-corrected chi connectivity index (χ1v) is 7.08. The molecule has 2 unspecified atom stereocenters. The topological polar surface area (TPSA) is 63.4 Å². The van der Waals surface area contributed by atoms with Gasteiger partial charge in [0, 0.05) is 19.6 Å². The molecule has 0 aromatic rings. The van der Waals surface area contributed by atoms with E-state index in [0.717, 1.165) is 12.8 Å². The van der Waals surface area contributed by atoms with Crippen LogP contribution in [-0.2, 0) is 10.0 Å². The highest BCUT2D eigenvalue weighted by molar-refractivity contribution is 7.89. The summed E-state index contributed by atoms with van der Waals surface area (Å²) in [6, 6.07) is 0.0561. The lowest BCUT2D eigenvalue weighted by Crippen LogP contribution is -2.43. The summed E-state index contributed by atoms with van der Waals surface area (Å²) < 4.78 is 25.6. The number of sulfonamides is 1. The van der Waals surface area contributed by atoms with E-state index in [-0.39, 0.29) is 12.6 Å². The monoisotopic (exact) mass is 236 g/mol. The minimum atomic E-state index is -3.21.